The number of urea groups is 1. The molecule has 0 bridgehead atoms. The Labute approximate surface area is 152 Å². The Morgan fingerprint density at radius 3 is 2.62 bits per heavy atom. The minimum atomic E-state index is -3.31. The molecular formula is C17H22N4O4S. The molecule has 140 valence electrons. The molecule has 2 amide bonds. The molecule has 1 aromatic heterocycles. The second-order valence-corrected chi connectivity index (χ2v) is 7.65. The van der Waals surface area contributed by atoms with Gasteiger partial charge in [-0.15, -0.1) is 0 Å². The van der Waals surface area contributed by atoms with Crippen molar-refractivity contribution in [1.29, 1.82) is 0 Å². The van der Waals surface area contributed by atoms with Crippen molar-refractivity contribution in [2.75, 3.05) is 24.8 Å². The van der Waals surface area contributed by atoms with Crippen molar-refractivity contribution >= 4 is 21.7 Å². The molecule has 2 rings (SSSR count). The van der Waals surface area contributed by atoms with Gasteiger partial charge in [-0.05, 0) is 37.1 Å². The van der Waals surface area contributed by atoms with Gasteiger partial charge in [0, 0.05) is 19.0 Å². The maximum absolute atomic E-state index is 11.7. The summed E-state index contributed by atoms with van der Waals surface area (Å²) in [5.74, 6) is 1.16. The van der Waals surface area contributed by atoms with E-state index in [2.05, 4.69) is 21.2 Å². The summed E-state index contributed by atoms with van der Waals surface area (Å²) in [7, 11) is -3.31. The van der Waals surface area contributed by atoms with E-state index in [-0.39, 0.29) is 4.90 Å². The number of pyridine rings is 1. The van der Waals surface area contributed by atoms with E-state index < -0.39 is 15.9 Å². The third-order valence-electron chi connectivity index (χ3n) is 3.39. The molecule has 0 atom stereocenters. The van der Waals surface area contributed by atoms with Gasteiger partial charge >= 0.3 is 6.03 Å². The standard InChI is InChI=1S/C17H22N4O4S/c1-13-11-15(26(2,23)24)12-19-16(13)20-21-17(22)18-9-6-10-25-14-7-4-3-5-8-14/h3-5,7-8,11-12H,6,9-10H2,1-2H3,(H,19,20)(H2,18,21,22). The van der Waals surface area contributed by atoms with E-state index in [1.165, 1.54) is 12.3 Å². The Hall–Kier alpha value is -2.81. The number of ether oxygens (including phenoxy) is 1. The zero-order valence-electron chi connectivity index (χ0n) is 14.7. The van der Waals surface area contributed by atoms with E-state index in [1.807, 2.05) is 30.3 Å². The molecule has 0 radical (unpaired) electrons. The van der Waals surface area contributed by atoms with Gasteiger partial charge < -0.3 is 10.1 Å². The topological polar surface area (TPSA) is 109 Å². The molecule has 0 aliphatic heterocycles. The van der Waals surface area contributed by atoms with Crippen LogP contribution in [0.25, 0.3) is 0 Å². The van der Waals surface area contributed by atoms with Crippen LogP contribution in [0.5, 0.6) is 5.75 Å². The number of benzene rings is 1. The number of nitrogens with zero attached hydrogens (tertiary/aromatic N) is 1. The van der Waals surface area contributed by atoms with Gasteiger partial charge in [-0.25, -0.2) is 18.2 Å². The van der Waals surface area contributed by atoms with Crippen molar-refractivity contribution in [1.82, 2.24) is 15.7 Å². The number of carbonyl (C=O) groups excluding carboxylic acids is 1. The number of sulfone groups is 1. The summed E-state index contributed by atoms with van der Waals surface area (Å²) in [6.07, 6.45) is 3.01. The van der Waals surface area contributed by atoms with Gasteiger partial charge in [0.2, 0.25) is 0 Å². The van der Waals surface area contributed by atoms with Gasteiger partial charge in [-0.3, -0.25) is 10.9 Å². The lowest BCUT2D eigenvalue weighted by atomic mass is 10.3. The van der Waals surface area contributed by atoms with Crippen LogP contribution < -0.4 is 20.9 Å². The fourth-order valence-corrected chi connectivity index (χ4v) is 2.66. The number of aryl methyl sites for hydroxylation is 1. The highest BCUT2D eigenvalue weighted by molar-refractivity contribution is 7.90. The Kier molecular flexibility index (Phi) is 6.79. The zero-order chi connectivity index (χ0) is 19.0. The smallest absolute Gasteiger partial charge is 0.333 e. The van der Waals surface area contributed by atoms with E-state index in [1.54, 1.807) is 6.92 Å². The van der Waals surface area contributed by atoms with Gasteiger partial charge in [-0.2, -0.15) is 0 Å². The van der Waals surface area contributed by atoms with Crippen molar-refractivity contribution in [3.05, 3.63) is 48.2 Å². The molecule has 2 aromatic rings. The number of aromatic nitrogens is 1. The second-order valence-electron chi connectivity index (χ2n) is 5.63. The summed E-state index contributed by atoms with van der Waals surface area (Å²) < 4.78 is 28.5. The predicted octanol–water partition coefficient (Wildman–Crippen LogP) is 1.89. The summed E-state index contributed by atoms with van der Waals surface area (Å²) >= 11 is 0. The van der Waals surface area contributed by atoms with Crippen LogP contribution in [0.15, 0.2) is 47.5 Å². The molecule has 0 saturated carbocycles. The first-order valence-corrected chi connectivity index (χ1v) is 9.90. The molecule has 9 heteroatoms. The summed E-state index contributed by atoms with van der Waals surface area (Å²) in [4.78, 5) is 15.9. The molecule has 0 saturated heterocycles. The number of hydrazine groups is 1. The van der Waals surface area contributed by atoms with Crippen molar-refractivity contribution in [2.24, 2.45) is 0 Å². The molecule has 26 heavy (non-hydrogen) atoms. The summed E-state index contributed by atoms with van der Waals surface area (Å²) in [6.45, 7) is 2.63. The number of anilines is 1. The largest absolute Gasteiger partial charge is 0.494 e. The molecule has 0 aliphatic rings. The van der Waals surface area contributed by atoms with Crippen molar-refractivity contribution in [3.8, 4) is 5.75 Å². The minimum absolute atomic E-state index is 0.128. The Morgan fingerprint density at radius 1 is 1.23 bits per heavy atom. The SMILES string of the molecule is Cc1cc(S(C)(=O)=O)cnc1NNC(=O)NCCCOc1ccccc1. The van der Waals surface area contributed by atoms with Crippen molar-refractivity contribution < 1.29 is 17.9 Å². The number of para-hydroxylation sites is 1. The number of hydrogen-bond acceptors (Lipinski definition) is 6. The van der Waals surface area contributed by atoms with Crippen molar-refractivity contribution in [3.63, 3.8) is 0 Å². The highest BCUT2D eigenvalue weighted by atomic mass is 32.2. The molecule has 1 heterocycles. The van der Waals surface area contributed by atoms with Gasteiger partial charge in [-0.1, -0.05) is 18.2 Å². The number of amides is 2. The van der Waals surface area contributed by atoms with E-state index in [4.69, 9.17) is 4.74 Å². The molecule has 3 N–H and O–H groups in total. The monoisotopic (exact) mass is 378 g/mol. The maximum Gasteiger partial charge on any atom is 0.333 e. The van der Waals surface area contributed by atoms with Crippen molar-refractivity contribution in [2.45, 2.75) is 18.2 Å². The first-order valence-electron chi connectivity index (χ1n) is 8.00. The highest BCUT2D eigenvalue weighted by Gasteiger charge is 2.10. The third kappa shape index (κ3) is 6.25. The minimum Gasteiger partial charge on any atom is -0.494 e. The molecule has 8 nitrogen and oxygen atoms in total. The van der Waals surface area contributed by atoms with E-state index in [0.717, 1.165) is 12.0 Å². The van der Waals surface area contributed by atoms with E-state index >= 15 is 0 Å². The quantitative estimate of drug-likeness (QED) is 0.478. The Morgan fingerprint density at radius 2 is 1.96 bits per heavy atom. The lowest BCUT2D eigenvalue weighted by molar-refractivity contribution is 0.241. The maximum atomic E-state index is 11.7. The van der Waals surface area contributed by atoms with Crippen LogP contribution in [0.1, 0.15) is 12.0 Å². The van der Waals surface area contributed by atoms with E-state index in [0.29, 0.717) is 31.0 Å². The average Bonchev–Trinajstić information content (AvgIpc) is 2.60. The van der Waals surface area contributed by atoms with Gasteiger partial charge in [0.25, 0.3) is 0 Å². The highest BCUT2D eigenvalue weighted by Crippen LogP contribution is 2.15. The molecule has 0 unspecified atom stereocenters. The van der Waals surface area contributed by atoms with Gasteiger partial charge in [0.1, 0.15) is 11.6 Å². The number of rotatable bonds is 8. The van der Waals surface area contributed by atoms with Crippen LogP contribution in [0, 0.1) is 6.92 Å². The van der Waals surface area contributed by atoms with E-state index in [9.17, 15) is 13.2 Å². The Balaban J connectivity index is 1.68. The predicted molar refractivity (Wildman–Crippen MR) is 98.8 cm³/mol. The fourth-order valence-electron chi connectivity index (χ4n) is 2.02. The van der Waals surface area contributed by atoms with Crippen LogP contribution in [-0.4, -0.2) is 38.8 Å². The second kappa shape index (κ2) is 9.04. The van der Waals surface area contributed by atoms with Gasteiger partial charge in [0.15, 0.2) is 9.84 Å². The summed E-state index contributed by atoms with van der Waals surface area (Å²) in [5, 5.41) is 2.68. The van der Waals surface area contributed by atoms with Crippen LogP contribution >= 0.6 is 0 Å². The zero-order valence-corrected chi connectivity index (χ0v) is 15.5. The lowest BCUT2D eigenvalue weighted by Gasteiger charge is -2.12. The molecule has 0 spiro atoms. The first-order chi connectivity index (χ1) is 12.4. The number of carbonyl (C=O) groups is 1. The normalized spacial score (nSPS) is 10.8. The van der Waals surface area contributed by atoms with Crippen LogP contribution in [-0.2, 0) is 9.84 Å². The average molecular weight is 378 g/mol. The Bertz CT molecular complexity index is 841. The fraction of sp³-hybridized carbons (Fsp3) is 0.294. The number of nitrogens with one attached hydrogen (secondary N) is 3. The van der Waals surface area contributed by atoms with Gasteiger partial charge in [0.05, 0.1) is 11.5 Å². The van der Waals surface area contributed by atoms with Crippen LogP contribution in [0.2, 0.25) is 0 Å². The molecule has 1 aromatic carbocycles. The lowest BCUT2D eigenvalue weighted by Crippen LogP contribution is -2.40. The third-order valence-corrected chi connectivity index (χ3v) is 4.47. The summed E-state index contributed by atoms with van der Waals surface area (Å²) in [6, 6.07) is 10.5. The summed E-state index contributed by atoms with van der Waals surface area (Å²) in [5.41, 5.74) is 5.71. The number of hydrogen-bond donors (Lipinski definition) is 3. The first kappa shape index (κ1) is 19.5. The van der Waals surface area contributed by atoms with Crippen LogP contribution in [0.4, 0.5) is 10.6 Å². The van der Waals surface area contributed by atoms with Crippen LogP contribution in [0.3, 0.4) is 0 Å². The molecule has 0 aliphatic carbocycles. The molecule has 0 fully saturated rings. The molecular weight excluding hydrogens is 356 g/mol.